The molecule has 1 aliphatic heterocycles. The topological polar surface area (TPSA) is 63.4 Å². The number of allylic oxidation sites excluding steroid dienone is 1. The number of aromatic nitrogens is 2. The van der Waals surface area contributed by atoms with Gasteiger partial charge in [-0.1, -0.05) is 35.8 Å². The maximum atomic E-state index is 6.27. The summed E-state index contributed by atoms with van der Waals surface area (Å²) in [7, 11) is 1.63. The number of thiocarbonyl (C=S) groups is 1. The third-order valence-corrected chi connectivity index (χ3v) is 5.80. The van der Waals surface area contributed by atoms with Gasteiger partial charge in [-0.2, -0.15) is 4.98 Å². The van der Waals surface area contributed by atoms with E-state index in [0.717, 1.165) is 41.1 Å². The Kier molecular flexibility index (Phi) is 6.25. The predicted molar refractivity (Wildman–Crippen MR) is 126 cm³/mol. The van der Waals surface area contributed by atoms with Crippen molar-refractivity contribution in [1.29, 1.82) is 0 Å². The lowest BCUT2D eigenvalue weighted by Crippen LogP contribution is -2.46. The summed E-state index contributed by atoms with van der Waals surface area (Å²) >= 11 is 11.9. The van der Waals surface area contributed by atoms with Gasteiger partial charge >= 0.3 is 0 Å². The van der Waals surface area contributed by atoms with Crippen LogP contribution in [0.5, 0.6) is 5.75 Å². The van der Waals surface area contributed by atoms with Crippen molar-refractivity contribution >= 4 is 34.5 Å². The minimum atomic E-state index is -0.247. The van der Waals surface area contributed by atoms with Crippen molar-refractivity contribution in [2.75, 3.05) is 13.7 Å². The first-order valence-corrected chi connectivity index (χ1v) is 10.8. The number of methoxy groups -OCH3 is 1. The van der Waals surface area contributed by atoms with E-state index in [1.165, 1.54) is 0 Å². The Bertz CT molecular complexity index is 1130. The molecule has 8 heteroatoms. The monoisotopic (exact) mass is 454 g/mol. The smallest absolute Gasteiger partial charge is 0.258 e. The molecule has 1 atom stereocenters. The summed E-state index contributed by atoms with van der Waals surface area (Å²) in [5, 5.41) is 8.98. The number of benzene rings is 2. The van der Waals surface area contributed by atoms with E-state index in [1.54, 1.807) is 7.11 Å². The first-order valence-electron chi connectivity index (χ1n) is 10.0. The Hall–Kier alpha value is -2.90. The summed E-state index contributed by atoms with van der Waals surface area (Å²) in [5.41, 5.74) is 3.69. The highest BCUT2D eigenvalue weighted by molar-refractivity contribution is 7.80. The van der Waals surface area contributed by atoms with E-state index in [1.807, 2.05) is 55.5 Å². The molecule has 6 nitrogen and oxygen atoms in total. The summed E-state index contributed by atoms with van der Waals surface area (Å²) < 4.78 is 11.0. The SMILES string of the molecule is CCCN1C(=S)NC(c2cccc(Cl)c2)C(c2nc(-c3ccc(OC)cc3)no2)=C1C. The zero-order valence-electron chi connectivity index (χ0n) is 17.6. The van der Waals surface area contributed by atoms with Gasteiger partial charge < -0.3 is 19.5 Å². The molecular formula is C23H23ClN4O2S. The quantitative estimate of drug-likeness (QED) is 0.495. The first kappa shape index (κ1) is 21.3. The number of rotatable bonds is 6. The van der Waals surface area contributed by atoms with Crippen molar-refractivity contribution in [3.05, 3.63) is 70.7 Å². The van der Waals surface area contributed by atoms with Crippen LogP contribution in [-0.2, 0) is 0 Å². The van der Waals surface area contributed by atoms with E-state index in [-0.39, 0.29) is 6.04 Å². The van der Waals surface area contributed by atoms with Gasteiger partial charge in [-0.25, -0.2) is 0 Å². The lowest BCUT2D eigenvalue weighted by Gasteiger charge is -2.37. The van der Waals surface area contributed by atoms with Crippen molar-refractivity contribution in [3.8, 4) is 17.1 Å². The fourth-order valence-electron chi connectivity index (χ4n) is 3.68. The summed E-state index contributed by atoms with van der Waals surface area (Å²) in [6, 6.07) is 15.0. The second-order valence-electron chi connectivity index (χ2n) is 7.24. The van der Waals surface area contributed by atoms with E-state index in [9.17, 15) is 0 Å². The Morgan fingerprint density at radius 3 is 2.68 bits per heavy atom. The van der Waals surface area contributed by atoms with Crippen LogP contribution in [0.3, 0.4) is 0 Å². The van der Waals surface area contributed by atoms with E-state index in [0.29, 0.717) is 21.9 Å². The maximum Gasteiger partial charge on any atom is 0.258 e. The molecule has 0 fully saturated rings. The van der Waals surface area contributed by atoms with Gasteiger partial charge in [0.25, 0.3) is 5.89 Å². The van der Waals surface area contributed by atoms with Crippen molar-refractivity contribution in [1.82, 2.24) is 20.4 Å². The fraction of sp³-hybridized carbons (Fsp3) is 0.261. The van der Waals surface area contributed by atoms with E-state index in [4.69, 9.17) is 38.1 Å². The van der Waals surface area contributed by atoms with Crippen molar-refractivity contribution in [2.45, 2.75) is 26.3 Å². The van der Waals surface area contributed by atoms with Crippen LogP contribution >= 0.6 is 23.8 Å². The third kappa shape index (κ3) is 4.29. The molecule has 0 bridgehead atoms. The molecule has 1 N–H and O–H groups in total. The lowest BCUT2D eigenvalue weighted by atomic mass is 9.95. The molecule has 0 aliphatic carbocycles. The highest BCUT2D eigenvalue weighted by atomic mass is 35.5. The van der Waals surface area contributed by atoms with Crippen LogP contribution in [0.2, 0.25) is 5.02 Å². The predicted octanol–water partition coefficient (Wildman–Crippen LogP) is 5.47. The average Bonchev–Trinajstić information content (AvgIpc) is 3.26. The Morgan fingerprint density at radius 1 is 1.23 bits per heavy atom. The highest BCUT2D eigenvalue weighted by Crippen LogP contribution is 2.38. The standard InChI is InChI=1S/C23H23ClN4O2S/c1-4-12-28-14(2)19(20(25-23(28)31)16-6-5-7-17(24)13-16)22-26-21(27-30-22)15-8-10-18(29-3)11-9-15/h5-11,13,20H,4,12H2,1-3H3,(H,25,31). The summed E-state index contributed by atoms with van der Waals surface area (Å²) in [6.07, 6.45) is 0.954. The molecule has 0 spiro atoms. The molecule has 160 valence electrons. The average molecular weight is 455 g/mol. The van der Waals surface area contributed by atoms with Crippen molar-refractivity contribution < 1.29 is 9.26 Å². The summed E-state index contributed by atoms with van der Waals surface area (Å²) in [4.78, 5) is 6.78. The van der Waals surface area contributed by atoms with Gasteiger partial charge in [0.1, 0.15) is 5.75 Å². The number of hydrogen-bond donors (Lipinski definition) is 1. The summed E-state index contributed by atoms with van der Waals surface area (Å²) in [6.45, 7) is 4.95. The molecule has 0 radical (unpaired) electrons. The Labute approximate surface area is 191 Å². The van der Waals surface area contributed by atoms with Gasteiger partial charge in [-0.05, 0) is 67.5 Å². The van der Waals surface area contributed by atoms with Crippen LogP contribution in [0.1, 0.15) is 37.8 Å². The highest BCUT2D eigenvalue weighted by Gasteiger charge is 2.33. The molecule has 4 rings (SSSR count). The van der Waals surface area contributed by atoms with Crippen LogP contribution in [0, 0.1) is 0 Å². The maximum absolute atomic E-state index is 6.27. The van der Waals surface area contributed by atoms with Crippen LogP contribution in [0.25, 0.3) is 17.0 Å². The molecule has 0 saturated heterocycles. The minimum absolute atomic E-state index is 0.247. The van der Waals surface area contributed by atoms with Gasteiger partial charge in [0.15, 0.2) is 5.11 Å². The molecule has 0 amide bonds. The third-order valence-electron chi connectivity index (χ3n) is 5.23. The largest absolute Gasteiger partial charge is 0.497 e. The number of halogens is 1. The van der Waals surface area contributed by atoms with Gasteiger partial charge in [0.2, 0.25) is 5.82 Å². The van der Waals surface area contributed by atoms with E-state index < -0.39 is 0 Å². The van der Waals surface area contributed by atoms with Crippen LogP contribution in [0.4, 0.5) is 0 Å². The zero-order valence-corrected chi connectivity index (χ0v) is 19.1. The first-order chi connectivity index (χ1) is 15.0. The molecular weight excluding hydrogens is 432 g/mol. The van der Waals surface area contributed by atoms with Crippen molar-refractivity contribution in [2.24, 2.45) is 0 Å². The number of ether oxygens (including phenoxy) is 1. The fourth-order valence-corrected chi connectivity index (χ4v) is 4.22. The second-order valence-corrected chi connectivity index (χ2v) is 8.06. The molecule has 2 heterocycles. The van der Waals surface area contributed by atoms with Crippen LogP contribution in [-0.4, -0.2) is 33.8 Å². The molecule has 1 unspecified atom stereocenters. The minimum Gasteiger partial charge on any atom is -0.497 e. The number of nitrogens with one attached hydrogen (secondary N) is 1. The molecule has 3 aromatic rings. The molecule has 2 aromatic carbocycles. The lowest BCUT2D eigenvalue weighted by molar-refractivity contribution is 0.396. The number of nitrogens with zero attached hydrogens (tertiary/aromatic N) is 3. The van der Waals surface area contributed by atoms with Crippen LogP contribution < -0.4 is 10.1 Å². The zero-order chi connectivity index (χ0) is 22.0. The van der Waals surface area contributed by atoms with Crippen LogP contribution in [0.15, 0.2) is 58.8 Å². The van der Waals surface area contributed by atoms with Crippen molar-refractivity contribution in [3.63, 3.8) is 0 Å². The number of hydrogen-bond acceptors (Lipinski definition) is 5. The Balaban J connectivity index is 1.79. The van der Waals surface area contributed by atoms with Gasteiger partial charge in [-0.3, -0.25) is 0 Å². The molecule has 1 aliphatic rings. The normalized spacial score (nSPS) is 16.5. The Morgan fingerprint density at radius 2 is 2.00 bits per heavy atom. The van der Waals surface area contributed by atoms with Gasteiger partial charge in [0, 0.05) is 22.8 Å². The molecule has 1 aromatic heterocycles. The van der Waals surface area contributed by atoms with Gasteiger partial charge in [-0.15, -0.1) is 0 Å². The summed E-state index contributed by atoms with van der Waals surface area (Å²) in [5.74, 6) is 1.73. The molecule has 0 saturated carbocycles. The van der Waals surface area contributed by atoms with E-state index >= 15 is 0 Å². The molecule has 31 heavy (non-hydrogen) atoms. The van der Waals surface area contributed by atoms with E-state index in [2.05, 4.69) is 22.3 Å². The van der Waals surface area contributed by atoms with Gasteiger partial charge in [0.05, 0.1) is 18.7 Å². The second kappa shape index (κ2) is 9.08.